The van der Waals surface area contributed by atoms with Crippen LogP contribution in [0.5, 0.6) is 0 Å². The van der Waals surface area contributed by atoms with Gasteiger partial charge in [0, 0.05) is 18.2 Å². The molecule has 32 heavy (non-hydrogen) atoms. The maximum Gasteiger partial charge on any atom is 0.407 e. The van der Waals surface area contributed by atoms with Crippen LogP contribution in [0.4, 0.5) is 10.5 Å². The normalized spacial score (nSPS) is 26.6. The van der Waals surface area contributed by atoms with E-state index in [4.69, 9.17) is 19.6 Å². The first-order chi connectivity index (χ1) is 15.1. The van der Waals surface area contributed by atoms with Crippen molar-refractivity contribution >= 4 is 20.1 Å². The molecular formula is C24H41N3O4Si. The van der Waals surface area contributed by atoms with Gasteiger partial charge in [0.25, 0.3) is 0 Å². The Balaban J connectivity index is 1.92. The third kappa shape index (κ3) is 6.02. The molecule has 1 saturated heterocycles. The Bertz CT molecular complexity index is 768. The number of pyridine rings is 1. The van der Waals surface area contributed by atoms with Crippen molar-refractivity contribution in [1.29, 1.82) is 0 Å². The number of alkyl carbamates (subject to hydrolysis) is 1. The van der Waals surface area contributed by atoms with E-state index in [2.05, 4.69) is 31.1 Å². The van der Waals surface area contributed by atoms with Gasteiger partial charge in [0.15, 0.2) is 8.32 Å². The van der Waals surface area contributed by atoms with Gasteiger partial charge in [-0.05, 0) is 63.7 Å². The van der Waals surface area contributed by atoms with Crippen LogP contribution in [0, 0.1) is 5.92 Å². The lowest BCUT2D eigenvalue weighted by Crippen LogP contribution is -2.59. The number of hydrogen-bond acceptors (Lipinski definition) is 6. The summed E-state index contributed by atoms with van der Waals surface area (Å²) in [5.74, 6) is 0.450. The number of hydrogen-bond donors (Lipinski definition) is 2. The Morgan fingerprint density at radius 3 is 2.44 bits per heavy atom. The van der Waals surface area contributed by atoms with Crippen molar-refractivity contribution in [2.75, 3.05) is 5.73 Å². The van der Waals surface area contributed by atoms with E-state index in [1.807, 2.05) is 26.8 Å². The molecule has 1 aliphatic heterocycles. The molecule has 1 aliphatic carbocycles. The van der Waals surface area contributed by atoms with E-state index >= 15 is 0 Å². The molecule has 180 valence electrons. The summed E-state index contributed by atoms with van der Waals surface area (Å²) in [7, 11) is -1.92. The largest absolute Gasteiger partial charge is 0.444 e. The Hall–Kier alpha value is -1.64. The molecule has 0 unspecified atom stereocenters. The van der Waals surface area contributed by atoms with Gasteiger partial charge < -0.3 is 25.0 Å². The van der Waals surface area contributed by atoms with Gasteiger partial charge in [-0.15, -0.1) is 0 Å². The fraction of sp³-hybridized carbons (Fsp3) is 0.750. The zero-order valence-corrected chi connectivity index (χ0v) is 21.5. The number of carbonyl (C=O) groups is 1. The van der Waals surface area contributed by atoms with Crippen molar-refractivity contribution in [3.63, 3.8) is 0 Å². The van der Waals surface area contributed by atoms with E-state index in [1.54, 1.807) is 12.4 Å². The lowest BCUT2D eigenvalue weighted by Gasteiger charge is -2.46. The smallest absolute Gasteiger partial charge is 0.407 e. The van der Waals surface area contributed by atoms with Gasteiger partial charge in [-0.2, -0.15) is 0 Å². The molecule has 7 nitrogen and oxygen atoms in total. The molecule has 1 aromatic heterocycles. The minimum Gasteiger partial charge on any atom is -0.444 e. The lowest BCUT2D eigenvalue weighted by atomic mass is 9.90. The number of nitrogen functional groups attached to an aromatic ring is 1. The quantitative estimate of drug-likeness (QED) is 0.515. The summed E-state index contributed by atoms with van der Waals surface area (Å²) in [5, 5.41) is 3.15. The van der Waals surface area contributed by atoms with Crippen LogP contribution in [0.15, 0.2) is 18.5 Å². The van der Waals surface area contributed by atoms with Crippen LogP contribution in [0.3, 0.4) is 0 Å². The second kappa shape index (κ2) is 10.1. The highest BCUT2D eigenvalue weighted by Gasteiger charge is 2.50. The second-order valence-electron chi connectivity index (χ2n) is 10.2. The van der Waals surface area contributed by atoms with Crippen LogP contribution in [-0.4, -0.2) is 43.2 Å². The molecule has 0 radical (unpaired) electrons. The molecule has 0 aromatic carbocycles. The fourth-order valence-electron chi connectivity index (χ4n) is 4.67. The third-order valence-electron chi connectivity index (χ3n) is 6.85. The summed E-state index contributed by atoms with van der Waals surface area (Å²) in [6.07, 6.45) is 5.36. The topological polar surface area (TPSA) is 95.7 Å². The number of ether oxygens (including phenoxy) is 2. The van der Waals surface area contributed by atoms with Gasteiger partial charge in [-0.1, -0.05) is 20.8 Å². The van der Waals surface area contributed by atoms with E-state index in [9.17, 15) is 4.79 Å². The maximum atomic E-state index is 12.8. The van der Waals surface area contributed by atoms with Crippen LogP contribution in [0.1, 0.15) is 72.5 Å². The van der Waals surface area contributed by atoms with Crippen molar-refractivity contribution < 1.29 is 18.7 Å². The van der Waals surface area contributed by atoms with Gasteiger partial charge in [-0.3, -0.25) is 4.98 Å². The van der Waals surface area contributed by atoms with Gasteiger partial charge in [0.05, 0.1) is 36.2 Å². The Morgan fingerprint density at radius 2 is 1.91 bits per heavy atom. The molecule has 0 bridgehead atoms. The molecule has 2 aliphatic rings. The fourth-order valence-corrected chi connectivity index (χ4v) is 7.55. The molecule has 8 heteroatoms. The first-order valence-corrected chi connectivity index (χ1v) is 14.7. The Morgan fingerprint density at radius 1 is 1.25 bits per heavy atom. The standard InChI is InChI=1S/C24H41N3O4Si/c1-7-32(8-2,9-3)31-22-19(27-23(28)30-24(4,5)6)14-20(29-21(22)16-10-11-16)17-12-13-26-15-18(17)25/h12-13,15-16,19-22H,7-11,14,25H2,1-6H3,(H,27,28)/t19-,20-,21-,22+/m1/s1. The highest BCUT2D eigenvalue weighted by atomic mass is 28.4. The van der Waals surface area contributed by atoms with E-state index in [0.29, 0.717) is 18.0 Å². The molecule has 1 amide bonds. The summed E-state index contributed by atoms with van der Waals surface area (Å²) in [4.78, 5) is 16.9. The maximum absolute atomic E-state index is 12.8. The molecule has 2 fully saturated rings. The molecule has 1 saturated carbocycles. The van der Waals surface area contributed by atoms with E-state index in [-0.39, 0.29) is 24.4 Å². The molecule has 0 spiro atoms. The Kier molecular flexibility index (Phi) is 7.88. The predicted molar refractivity (Wildman–Crippen MR) is 129 cm³/mol. The molecule has 2 heterocycles. The van der Waals surface area contributed by atoms with Crippen LogP contribution in [0.2, 0.25) is 18.1 Å². The van der Waals surface area contributed by atoms with Crippen molar-refractivity contribution in [2.24, 2.45) is 5.92 Å². The van der Waals surface area contributed by atoms with Gasteiger partial charge in [0.1, 0.15) is 5.60 Å². The average Bonchev–Trinajstić information content (AvgIpc) is 3.57. The molecule has 1 aromatic rings. The van der Waals surface area contributed by atoms with E-state index in [1.165, 1.54) is 0 Å². The zero-order valence-electron chi connectivity index (χ0n) is 20.5. The first-order valence-electron chi connectivity index (χ1n) is 12.1. The summed E-state index contributed by atoms with van der Waals surface area (Å²) < 4.78 is 19.3. The summed E-state index contributed by atoms with van der Waals surface area (Å²) in [6, 6.07) is 4.85. The van der Waals surface area contributed by atoms with Crippen LogP contribution < -0.4 is 11.1 Å². The van der Waals surface area contributed by atoms with Crippen molar-refractivity contribution in [3.8, 4) is 0 Å². The van der Waals surface area contributed by atoms with Crippen LogP contribution in [-0.2, 0) is 13.9 Å². The monoisotopic (exact) mass is 463 g/mol. The summed E-state index contributed by atoms with van der Waals surface area (Å²) in [6.45, 7) is 12.3. The van der Waals surface area contributed by atoms with Gasteiger partial charge in [0.2, 0.25) is 0 Å². The number of amides is 1. The van der Waals surface area contributed by atoms with Crippen LogP contribution >= 0.6 is 0 Å². The summed E-state index contributed by atoms with van der Waals surface area (Å²) in [5.41, 5.74) is 7.21. The van der Waals surface area contributed by atoms with E-state index < -0.39 is 20.0 Å². The predicted octanol–water partition coefficient (Wildman–Crippen LogP) is 5.19. The van der Waals surface area contributed by atoms with Crippen molar-refractivity contribution in [2.45, 2.75) is 109 Å². The number of anilines is 1. The first kappa shape index (κ1) is 25.0. The minimum absolute atomic E-state index is 0.0715. The number of nitrogens with one attached hydrogen (secondary N) is 1. The molecule has 4 atom stereocenters. The number of carbonyl (C=O) groups excluding carboxylic acids is 1. The number of rotatable bonds is 8. The highest BCUT2D eigenvalue weighted by molar-refractivity contribution is 6.73. The van der Waals surface area contributed by atoms with Gasteiger partial charge >= 0.3 is 6.09 Å². The zero-order chi connectivity index (χ0) is 23.5. The average molecular weight is 464 g/mol. The number of aromatic nitrogens is 1. The van der Waals surface area contributed by atoms with Gasteiger partial charge in [-0.25, -0.2) is 4.79 Å². The Labute approximate surface area is 193 Å². The van der Waals surface area contributed by atoms with Crippen molar-refractivity contribution in [1.82, 2.24) is 10.3 Å². The minimum atomic E-state index is -1.92. The van der Waals surface area contributed by atoms with Crippen LogP contribution in [0.25, 0.3) is 0 Å². The SMILES string of the molecule is CC[Si](CC)(CC)O[C@@H]1[C@@H](C2CC2)O[C@@H](c2ccncc2N)C[C@H]1NC(=O)OC(C)(C)C. The summed E-state index contributed by atoms with van der Waals surface area (Å²) >= 11 is 0. The lowest BCUT2D eigenvalue weighted by molar-refractivity contribution is -0.136. The molecule has 3 N–H and O–H groups in total. The number of nitrogens with zero attached hydrogens (tertiary/aromatic N) is 1. The second-order valence-corrected chi connectivity index (χ2v) is 15.0. The van der Waals surface area contributed by atoms with Crippen molar-refractivity contribution in [3.05, 3.63) is 24.0 Å². The number of nitrogens with two attached hydrogens (primary N) is 1. The van der Waals surface area contributed by atoms with E-state index in [0.717, 1.165) is 36.5 Å². The third-order valence-corrected chi connectivity index (χ3v) is 11.5. The highest BCUT2D eigenvalue weighted by Crippen LogP contribution is 2.46. The molecular weight excluding hydrogens is 422 g/mol. The molecule has 3 rings (SSSR count).